The first-order chi connectivity index (χ1) is 19.1. The van der Waals surface area contributed by atoms with Gasteiger partial charge in [-0.15, -0.1) is 0 Å². The molecule has 3 aromatic rings. The minimum absolute atomic E-state index is 0.0775. The normalized spacial score (nSPS) is 12.1. The monoisotopic (exact) mass is 565 g/mol. The van der Waals surface area contributed by atoms with E-state index in [4.69, 9.17) is 4.74 Å². The van der Waals surface area contributed by atoms with E-state index in [-0.39, 0.29) is 23.4 Å². The molecular weight excluding hydrogens is 526 g/mol. The van der Waals surface area contributed by atoms with Crippen molar-refractivity contribution in [3.8, 4) is 5.75 Å². The molecule has 8 nitrogen and oxygen atoms in total. The van der Waals surface area contributed by atoms with Gasteiger partial charge in [0.05, 0.1) is 17.7 Å². The number of amides is 2. The largest absolute Gasteiger partial charge is 0.497 e. The fourth-order valence-electron chi connectivity index (χ4n) is 4.37. The van der Waals surface area contributed by atoms with Gasteiger partial charge in [-0.2, -0.15) is 0 Å². The average Bonchev–Trinajstić information content (AvgIpc) is 2.96. The van der Waals surface area contributed by atoms with E-state index in [0.717, 1.165) is 21.9 Å². The van der Waals surface area contributed by atoms with E-state index in [1.54, 1.807) is 49.6 Å². The molecule has 1 N–H and O–H groups in total. The zero-order valence-corrected chi connectivity index (χ0v) is 24.6. The minimum Gasteiger partial charge on any atom is -0.497 e. The standard InChI is InChI=1S/C31H39N3O5S/c1-6-24-13-17-26(18-14-24)34(40(37,38)28-11-9-8-10-12-28)22-30(35)33(29(7-2)31(36)32-23(3)4)21-25-15-19-27(39-5)20-16-25/h8-20,23,29H,6-7,21-22H2,1-5H3,(H,32,36). The summed E-state index contributed by atoms with van der Waals surface area (Å²) in [6.07, 6.45) is 1.15. The van der Waals surface area contributed by atoms with Gasteiger partial charge in [0.15, 0.2) is 0 Å². The van der Waals surface area contributed by atoms with Crippen molar-refractivity contribution in [2.75, 3.05) is 18.0 Å². The molecule has 0 saturated heterocycles. The second-order valence-corrected chi connectivity index (χ2v) is 11.7. The summed E-state index contributed by atoms with van der Waals surface area (Å²) in [4.78, 5) is 28.8. The van der Waals surface area contributed by atoms with Crippen molar-refractivity contribution >= 4 is 27.5 Å². The quantitative estimate of drug-likeness (QED) is 0.322. The second kappa shape index (κ2) is 14.0. The van der Waals surface area contributed by atoms with Gasteiger partial charge in [0.2, 0.25) is 11.8 Å². The summed E-state index contributed by atoms with van der Waals surface area (Å²) in [6, 6.07) is 21.5. The Labute approximate surface area is 238 Å². The maximum absolute atomic E-state index is 14.1. The van der Waals surface area contributed by atoms with E-state index >= 15 is 0 Å². The molecule has 3 aromatic carbocycles. The van der Waals surface area contributed by atoms with Crippen molar-refractivity contribution < 1.29 is 22.7 Å². The van der Waals surface area contributed by atoms with Crippen LogP contribution >= 0.6 is 0 Å². The Hall–Kier alpha value is -3.85. The van der Waals surface area contributed by atoms with Gasteiger partial charge in [-0.1, -0.05) is 56.3 Å². The zero-order valence-electron chi connectivity index (χ0n) is 23.8. The number of anilines is 1. The molecule has 0 radical (unpaired) electrons. The van der Waals surface area contributed by atoms with Gasteiger partial charge in [-0.05, 0) is 74.2 Å². The third-order valence-electron chi connectivity index (χ3n) is 6.57. The predicted octanol–water partition coefficient (Wildman–Crippen LogP) is 4.78. The van der Waals surface area contributed by atoms with E-state index < -0.39 is 28.5 Å². The molecular formula is C31H39N3O5S. The van der Waals surface area contributed by atoms with Crippen LogP contribution in [0, 0.1) is 0 Å². The van der Waals surface area contributed by atoms with Gasteiger partial charge in [0.1, 0.15) is 18.3 Å². The maximum atomic E-state index is 14.1. The van der Waals surface area contributed by atoms with Crippen molar-refractivity contribution in [2.24, 2.45) is 0 Å². The van der Waals surface area contributed by atoms with Gasteiger partial charge in [-0.25, -0.2) is 8.42 Å². The van der Waals surface area contributed by atoms with E-state index in [2.05, 4.69) is 5.32 Å². The Morgan fingerprint density at radius 2 is 1.48 bits per heavy atom. The van der Waals surface area contributed by atoms with Crippen molar-refractivity contribution in [3.05, 3.63) is 90.0 Å². The van der Waals surface area contributed by atoms with E-state index in [1.165, 1.54) is 17.0 Å². The number of hydrogen-bond donors (Lipinski definition) is 1. The Balaban J connectivity index is 2.04. The highest BCUT2D eigenvalue weighted by atomic mass is 32.2. The van der Waals surface area contributed by atoms with Crippen LogP contribution in [-0.4, -0.2) is 50.9 Å². The van der Waals surface area contributed by atoms with Crippen molar-refractivity contribution in [1.82, 2.24) is 10.2 Å². The van der Waals surface area contributed by atoms with Crippen LogP contribution in [0.15, 0.2) is 83.8 Å². The molecule has 0 aliphatic rings. The molecule has 0 aliphatic carbocycles. The summed E-state index contributed by atoms with van der Waals surface area (Å²) in [7, 11) is -2.51. The zero-order chi connectivity index (χ0) is 29.3. The van der Waals surface area contributed by atoms with Crippen LogP contribution in [0.25, 0.3) is 0 Å². The Morgan fingerprint density at radius 3 is 2.00 bits per heavy atom. The number of benzene rings is 3. The van der Waals surface area contributed by atoms with Crippen molar-refractivity contribution in [1.29, 1.82) is 0 Å². The fourth-order valence-corrected chi connectivity index (χ4v) is 5.81. The van der Waals surface area contributed by atoms with Crippen molar-refractivity contribution in [3.63, 3.8) is 0 Å². The number of nitrogens with zero attached hydrogens (tertiary/aromatic N) is 2. The van der Waals surface area contributed by atoms with E-state index in [1.807, 2.05) is 52.0 Å². The highest BCUT2D eigenvalue weighted by molar-refractivity contribution is 7.92. The van der Waals surface area contributed by atoms with Crippen molar-refractivity contribution in [2.45, 2.75) is 64.1 Å². The number of hydrogen-bond acceptors (Lipinski definition) is 5. The second-order valence-electron chi connectivity index (χ2n) is 9.80. The number of rotatable bonds is 13. The predicted molar refractivity (Wildman–Crippen MR) is 158 cm³/mol. The third-order valence-corrected chi connectivity index (χ3v) is 8.36. The summed E-state index contributed by atoms with van der Waals surface area (Å²) < 4.78 is 34.1. The van der Waals surface area contributed by atoms with Crippen LogP contribution < -0.4 is 14.4 Å². The molecule has 9 heteroatoms. The number of nitrogens with one attached hydrogen (secondary N) is 1. The molecule has 0 heterocycles. The molecule has 0 aromatic heterocycles. The molecule has 1 atom stereocenters. The van der Waals surface area contributed by atoms with Crippen LogP contribution in [0.1, 0.15) is 45.2 Å². The first kappa shape index (κ1) is 30.7. The first-order valence-electron chi connectivity index (χ1n) is 13.5. The van der Waals surface area contributed by atoms with Crippen LogP contribution in [0.5, 0.6) is 5.75 Å². The SMILES string of the molecule is CCc1ccc(N(CC(=O)N(Cc2ccc(OC)cc2)C(CC)C(=O)NC(C)C)S(=O)(=O)c2ccccc2)cc1. The molecule has 0 spiro atoms. The molecule has 0 saturated carbocycles. The number of aryl methyl sites for hydroxylation is 1. The molecule has 3 rings (SSSR count). The van der Waals surface area contributed by atoms with Gasteiger partial charge in [-0.3, -0.25) is 13.9 Å². The van der Waals surface area contributed by atoms with Gasteiger partial charge in [0, 0.05) is 12.6 Å². The number of methoxy groups -OCH3 is 1. The molecule has 1 unspecified atom stereocenters. The van der Waals surface area contributed by atoms with Crippen LogP contribution in [0.3, 0.4) is 0 Å². The number of ether oxygens (including phenoxy) is 1. The summed E-state index contributed by atoms with van der Waals surface area (Å²) in [5, 5.41) is 2.90. The average molecular weight is 566 g/mol. The Bertz CT molecular complexity index is 1360. The molecule has 40 heavy (non-hydrogen) atoms. The maximum Gasteiger partial charge on any atom is 0.264 e. The smallest absolute Gasteiger partial charge is 0.264 e. The highest BCUT2D eigenvalue weighted by Gasteiger charge is 2.33. The lowest BCUT2D eigenvalue weighted by molar-refractivity contribution is -0.140. The molecule has 214 valence electrons. The molecule has 0 bridgehead atoms. The summed E-state index contributed by atoms with van der Waals surface area (Å²) >= 11 is 0. The number of sulfonamides is 1. The first-order valence-corrected chi connectivity index (χ1v) is 14.9. The van der Waals surface area contributed by atoms with Crippen LogP contribution in [0.4, 0.5) is 5.69 Å². The Kier molecular flexibility index (Phi) is 10.7. The lowest BCUT2D eigenvalue weighted by atomic mass is 10.1. The van der Waals surface area contributed by atoms with Gasteiger partial charge >= 0.3 is 0 Å². The van der Waals surface area contributed by atoms with Gasteiger partial charge < -0.3 is 15.0 Å². The highest BCUT2D eigenvalue weighted by Crippen LogP contribution is 2.25. The van der Waals surface area contributed by atoms with Crippen LogP contribution in [-0.2, 0) is 32.6 Å². The van der Waals surface area contributed by atoms with Gasteiger partial charge in [0.25, 0.3) is 10.0 Å². The lowest BCUT2D eigenvalue weighted by Crippen LogP contribution is -2.53. The minimum atomic E-state index is -4.09. The topological polar surface area (TPSA) is 96.0 Å². The summed E-state index contributed by atoms with van der Waals surface area (Å²) in [5.74, 6) is -0.105. The lowest BCUT2D eigenvalue weighted by Gasteiger charge is -2.33. The summed E-state index contributed by atoms with van der Waals surface area (Å²) in [5.41, 5.74) is 2.21. The third kappa shape index (κ3) is 7.63. The van der Waals surface area contributed by atoms with Crippen LogP contribution in [0.2, 0.25) is 0 Å². The number of carbonyl (C=O) groups excluding carboxylic acids is 2. The fraction of sp³-hybridized carbons (Fsp3) is 0.355. The number of carbonyl (C=O) groups is 2. The summed E-state index contributed by atoms with van der Waals surface area (Å²) in [6.45, 7) is 7.22. The molecule has 2 amide bonds. The van der Waals surface area contributed by atoms with E-state index in [9.17, 15) is 18.0 Å². The Morgan fingerprint density at radius 1 is 0.875 bits per heavy atom. The molecule has 0 fully saturated rings. The van der Waals surface area contributed by atoms with E-state index in [0.29, 0.717) is 17.9 Å². The molecule has 0 aliphatic heterocycles.